The molecular formula is C10H13N. The molecular weight excluding hydrogens is 134 g/mol. The van der Waals surface area contributed by atoms with E-state index >= 15 is 0 Å². The van der Waals surface area contributed by atoms with Crippen LogP contribution in [0.15, 0.2) is 29.3 Å². The van der Waals surface area contributed by atoms with E-state index in [-0.39, 0.29) is 11.0 Å². The average molecular weight is 147 g/mol. The van der Waals surface area contributed by atoms with E-state index in [0.29, 0.717) is 0 Å². The van der Waals surface area contributed by atoms with Gasteiger partial charge in [0.15, 0.2) is 0 Å². The minimum Gasteiger partial charge on any atom is -0.286 e. The number of allylic oxidation sites excluding steroid dienone is 3. The van der Waals surface area contributed by atoms with Gasteiger partial charge in [-0.3, -0.25) is 4.99 Å². The average Bonchev–Trinajstić information content (AvgIpc) is 2.11. The zero-order valence-electron chi connectivity index (χ0n) is 7.04. The molecule has 0 saturated heterocycles. The van der Waals surface area contributed by atoms with E-state index in [1.807, 2.05) is 0 Å². The minimum atomic E-state index is 0.0677. The molecule has 0 aromatic carbocycles. The number of hydrogen-bond donors (Lipinski definition) is 0. The monoisotopic (exact) mass is 147 g/mol. The Morgan fingerprint density at radius 2 is 1.91 bits per heavy atom. The number of aliphatic imine (C=N–C) groups is 1. The highest BCUT2D eigenvalue weighted by Crippen LogP contribution is 2.39. The molecule has 1 heteroatoms. The highest BCUT2D eigenvalue weighted by Gasteiger charge is 2.36. The summed E-state index contributed by atoms with van der Waals surface area (Å²) in [5, 5.41) is 0. The Hall–Kier alpha value is -0.850. The third kappa shape index (κ3) is 1.05. The van der Waals surface area contributed by atoms with Gasteiger partial charge in [0.1, 0.15) is 0 Å². The highest BCUT2D eigenvalue weighted by atomic mass is 14.9. The van der Waals surface area contributed by atoms with E-state index in [4.69, 9.17) is 0 Å². The molecule has 0 aromatic rings. The summed E-state index contributed by atoms with van der Waals surface area (Å²) in [7, 11) is 0. The second-order valence-electron chi connectivity index (χ2n) is 4.02. The van der Waals surface area contributed by atoms with E-state index < -0.39 is 0 Å². The molecule has 0 radical (unpaired) electrons. The molecule has 0 N–H and O–H groups in total. The molecule has 0 fully saturated rings. The van der Waals surface area contributed by atoms with Crippen molar-refractivity contribution in [1.82, 2.24) is 0 Å². The first-order valence-electron chi connectivity index (χ1n) is 4.05. The number of hydrogen-bond acceptors (Lipinski definition) is 1. The summed E-state index contributed by atoms with van der Waals surface area (Å²) in [6, 6.07) is 0. The van der Waals surface area contributed by atoms with Crippen LogP contribution in [-0.4, -0.2) is 11.8 Å². The van der Waals surface area contributed by atoms with Crippen molar-refractivity contribution in [3.63, 3.8) is 0 Å². The number of nitrogens with zero attached hydrogens (tertiary/aromatic N) is 1. The largest absolute Gasteiger partial charge is 0.286 e. The van der Waals surface area contributed by atoms with E-state index in [1.54, 1.807) is 0 Å². The van der Waals surface area contributed by atoms with Gasteiger partial charge in [-0.15, -0.1) is 0 Å². The van der Waals surface area contributed by atoms with Crippen LogP contribution in [0.1, 0.15) is 20.3 Å². The predicted octanol–water partition coefficient (Wildman–Crippen LogP) is 2.35. The van der Waals surface area contributed by atoms with Crippen molar-refractivity contribution < 1.29 is 0 Å². The summed E-state index contributed by atoms with van der Waals surface area (Å²) in [4.78, 5) is 4.50. The molecule has 0 saturated carbocycles. The summed E-state index contributed by atoms with van der Waals surface area (Å²) in [6.45, 7) is 4.41. The molecule has 2 rings (SSSR count). The van der Waals surface area contributed by atoms with Crippen LogP contribution in [0.2, 0.25) is 0 Å². The molecule has 0 amide bonds. The molecule has 2 bridgehead atoms. The second-order valence-corrected chi connectivity index (χ2v) is 4.02. The van der Waals surface area contributed by atoms with Crippen LogP contribution in [0.3, 0.4) is 0 Å². The Balaban J connectivity index is 2.45. The van der Waals surface area contributed by atoms with Gasteiger partial charge in [0.2, 0.25) is 0 Å². The summed E-state index contributed by atoms with van der Waals surface area (Å²) in [5.74, 6) is 0. The summed E-state index contributed by atoms with van der Waals surface area (Å²) >= 11 is 0. The molecule has 1 heterocycles. The Morgan fingerprint density at radius 3 is 2.73 bits per heavy atom. The van der Waals surface area contributed by atoms with Crippen molar-refractivity contribution in [2.75, 3.05) is 0 Å². The van der Waals surface area contributed by atoms with E-state index in [9.17, 15) is 0 Å². The van der Waals surface area contributed by atoms with Crippen LogP contribution in [0.5, 0.6) is 0 Å². The quantitative estimate of drug-likeness (QED) is 0.498. The van der Waals surface area contributed by atoms with Crippen molar-refractivity contribution in [3.05, 3.63) is 24.3 Å². The maximum atomic E-state index is 4.50. The normalized spacial score (nSPS) is 46.4. The van der Waals surface area contributed by atoms with Crippen molar-refractivity contribution in [2.45, 2.75) is 25.8 Å². The summed E-state index contributed by atoms with van der Waals surface area (Å²) in [5.41, 5.74) is 0.274. The fraction of sp³-hybridized carbons (Fsp3) is 0.500. The van der Waals surface area contributed by atoms with Crippen LogP contribution in [-0.2, 0) is 0 Å². The third-order valence-electron chi connectivity index (χ3n) is 2.44. The van der Waals surface area contributed by atoms with Gasteiger partial charge in [0.25, 0.3) is 0 Å². The van der Waals surface area contributed by atoms with Crippen LogP contribution >= 0.6 is 0 Å². The van der Waals surface area contributed by atoms with Crippen LogP contribution in [0, 0.1) is 5.41 Å². The molecule has 1 aliphatic heterocycles. The molecule has 1 nitrogen and oxygen atoms in total. The molecule has 58 valence electrons. The van der Waals surface area contributed by atoms with Gasteiger partial charge < -0.3 is 0 Å². The van der Waals surface area contributed by atoms with Crippen molar-refractivity contribution in [2.24, 2.45) is 10.4 Å². The van der Waals surface area contributed by atoms with Gasteiger partial charge >= 0.3 is 0 Å². The second kappa shape index (κ2) is 1.84. The lowest BCUT2D eigenvalue weighted by Crippen LogP contribution is -2.20. The molecule has 0 spiro atoms. The zero-order chi connectivity index (χ0) is 7.95. The SMILES string of the molecule is CC12C=CC=CC(C)(C1)N=C2. The highest BCUT2D eigenvalue weighted by molar-refractivity contribution is 5.72. The van der Waals surface area contributed by atoms with Gasteiger partial charge in [-0.1, -0.05) is 31.2 Å². The molecule has 0 aromatic heterocycles. The molecule has 1 aliphatic carbocycles. The van der Waals surface area contributed by atoms with Crippen molar-refractivity contribution in [3.8, 4) is 0 Å². The van der Waals surface area contributed by atoms with E-state index in [1.165, 1.54) is 0 Å². The molecule has 11 heavy (non-hydrogen) atoms. The van der Waals surface area contributed by atoms with Crippen LogP contribution in [0.4, 0.5) is 0 Å². The number of fused-ring (bicyclic) bond motifs is 2. The van der Waals surface area contributed by atoms with Crippen LogP contribution in [0.25, 0.3) is 0 Å². The Bertz CT molecular complexity index is 236. The fourth-order valence-electron chi connectivity index (χ4n) is 1.90. The van der Waals surface area contributed by atoms with Gasteiger partial charge in [-0.2, -0.15) is 0 Å². The summed E-state index contributed by atoms with van der Waals surface area (Å²) < 4.78 is 0. The number of rotatable bonds is 0. The van der Waals surface area contributed by atoms with Gasteiger partial charge in [0.05, 0.1) is 5.54 Å². The summed E-state index contributed by atoms with van der Waals surface area (Å²) in [6.07, 6.45) is 11.8. The van der Waals surface area contributed by atoms with Gasteiger partial charge in [0, 0.05) is 11.6 Å². The maximum absolute atomic E-state index is 4.50. The smallest absolute Gasteiger partial charge is 0.0770 e. The fourth-order valence-corrected chi connectivity index (χ4v) is 1.90. The molecule has 2 aliphatic rings. The first-order chi connectivity index (χ1) is 5.12. The lowest BCUT2D eigenvalue weighted by atomic mass is 9.83. The topological polar surface area (TPSA) is 12.4 Å². The van der Waals surface area contributed by atoms with E-state index in [2.05, 4.69) is 49.4 Å². The van der Waals surface area contributed by atoms with Crippen molar-refractivity contribution >= 4 is 6.21 Å². The predicted molar refractivity (Wildman–Crippen MR) is 47.9 cm³/mol. The van der Waals surface area contributed by atoms with Crippen LogP contribution < -0.4 is 0 Å². The first kappa shape index (κ1) is 6.84. The van der Waals surface area contributed by atoms with E-state index in [0.717, 1.165) is 6.42 Å². The Morgan fingerprint density at radius 1 is 1.18 bits per heavy atom. The molecule has 2 atom stereocenters. The van der Waals surface area contributed by atoms with Gasteiger partial charge in [-0.25, -0.2) is 0 Å². The standard InChI is InChI=1S/C10H13N/c1-9-5-3-4-6-10(2,7-9)11-8-9/h3-6,8H,7H2,1-2H3. The lowest BCUT2D eigenvalue weighted by molar-refractivity contribution is 0.467. The Labute approximate surface area is 67.5 Å². The maximum Gasteiger partial charge on any atom is 0.0770 e. The first-order valence-corrected chi connectivity index (χ1v) is 4.05. The molecule has 2 unspecified atom stereocenters. The van der Waals surface area contributed by atoms with Crippen molar-refractivity contribution in [1.29, 1.82) is 0 Å². The minimum absolute atomic E-state index is 0.0677. The van der Waals surface area contributed by atoms with Gasteiger partial charge in [-0.05, 0) is 13.3 Å². The lowest BCUT2D eigenvalue weighted by Gasteiger charge is -2.20. The third-order valence-corrected chi connectivity index (χ3v) is 2.44. The Kier molecular flexibility index (Phi) is 1.15. The zero-order valence-corrected chi connectivity index (χ0v) is 7.04.